The van der Waals surface area contributed by atoms with Crippen molar-refractivity contribution < 1.29 is 9.59 Å². The third-order valence-corrected chi connectivity index (χ3v) is 3.73. The summed E-state index contributed by atoms with van der Waals surface area (Å²) in [6, 6.07) is 7.14. The zero-order chi connectivity index (χ0) is 14.4. The Hall–Kier alpha value is -1.84. The van der Waals surface area contributed by atoms with Gasteiger partial charge >= 0.3 is 0 Å². The molecule has 0 atom stereocenters. The molecule has 2 rings (SSSR count). The quantitative estimate of drug-likeness (QED) is 0.867. The van der Waals surface area contributed by atoms with E-state index in [1.165, 1.54) is 12.8 Å². The smallest absolute Gasteiger partial charge is 0.253 e. The molecule has 0 saturated heterocycles. The second-order valence-electron chi connectivity index (χ2n) is 5.31. The topological polar surface area (TPSA) is 58.2 Å². The Bertz CT molecular complexity index is 479. The van der Waals surface area contributed by atoms with Crippen LogP contribution in [0.25, 0.3) is 0 Å². The SMILES string of the molecule is CCNC(=O)c1ccccc1NC(=O)CC1CCCC1. The summed E-state index contributed by atoms with van der Waals surface area (Å²) in [7, 11) is 0. The maximum atomic E-state index is 12.1. The standard InChI is InChI=1S/C16H22N2O2/c1-2-17-16(20)13-9-5-6-10-14(13)18-15(19)11-12-7-3-4-8-12/h5-6,9-10,12H,2-4,7-8,11H2,1H3,(H,17,20)(H,18,19). The van der Waals surface area contributed by atoms with Gasteiger partial charge in [-0.25, -0.2) is 0 Å². The van der Waals surface area contributed by atoms with Crippen LogP contribution < -0.4 is 10.6 Å². The molecule has 108 valence electrons. The average molecular weight is 274 g/mol. The fourth-order valence-electron chi connectivity index (χ4n) is 2.72. The molecular formula is C16H22N2O2. The van der Waals surface area contributed by atoms with Gasteiger partial charge in [0.1, 0.15) is 0 Å². The van der Waals surface area contributed by atoms with Gasteiger partial charge in [-0.2, -0.15) is 0 Å². The highest BCUT2D eigenvalue weighted by molar-refractivity contribution is 6.03. The molecule has 2 amide bonds. The third kappa shape index (κ3) is 3.83. The first-order valence-electron chi connectivity index (χ1n) is 7.37. The summed E-state index contributed by atoms with van der Waals surface area (Å²) >= 11 is 0. The third-order valence-electron chi connectivity index (χ3n) is 3.73. The molecule has 1 saturated carbocycles. The van der Waals surface area contributed by atoms with Gasteiger partial charge in [0, 0.05) is 13.0 Å². The molecule has 4 nitrogen and oxygen atoms in total. The summed E-state index contributed by atoms with van der Waals surface area (Å²) in [6.07, 6.45) is 5.31. The molecule has 1 fully saturated rings. The van der Waals surface area contributed by atoms with E-state index >= 15 is 0 Å². The summed E-state index contributed by atoms with van der Waals surface area (Å²) in [4.78, 5) is 24.0. The number of rotatable bonds is 5. The molecule has 0 heterocycles. The van der Waals surface area contributed by atoms with Gasteiger partial charge < -0.3 is 10.6 Å². The molecule has 1 aliphatic carbocycles. The second-order valence-corrected chi connectivity index (χ2v) is 5.31. The molecular weight excluding hydrogens is 252 g/mol. The maximum Gasteiger partial charge on any atom is 0.253 e. The van der Waals surface area contributed by atoms with Crippen LogP contribution in [0, 0.1) is 5.92 Å². The Morgan fingerprint density at radius 2 is 1.90 bits per heavy atom. The van der Waals surface area contributed by atoms with Crippen molar-refractivity contribution in [1.29, 1.82) is 0 Å². The van der Waals surface area contributed by atoms with Crippen LogP contribution in [0.2, 0.25) is 0 Å². The number of hydrogen-bond acceptors (Lipinski definition) is 2. The summed E-state index contributed by atoms with van der Waals surface area (Å²) < 4.78 is 0. The lowest BCUT2D eigenvalue weighted by Crippen LogP contribution is -2.25. The van der Waals surface area contributed by atoms with Crippen molar-refractivity contribution >= 4 is 17.5 Å². The summed E-state index contributed by atoms with van der Waals surface area (Å²) in [6.45, 7) is 2.45. The van der Waals surface area contributed by atoms with E-state index in [4.69, 9.17) is 0 Å². The van der Waals surface area contributed by atoms with Gasteiger partial charge in [0.05, 0.1) is 11.3 Å². The first-order valence-corrected chi connectivity index (χ1v) is 7.37. The molecule has 1 aliphatic rings. The fourth-order valence-corrected chi connectivity index (χ4v) is 2.72. The maximum absolute atomic E-state index is 12.1. The van der Waals surface area contributed by atoms with E-state index in [1.807, 2.05) is 13.0 Å². The minimum absolute atomic E-state index is 0.00801. The van der Waals surface area contributed by atoms with Gasteiger partial charge in [-0.05, 0) is 37.8 Å². The van der Waals surface area contributed by atoms with Gasteiger partial charge in [0.15, 0.2) is 0 Å². The van der Waals surface area contributed by atoms with Crippen molar-refractivity contribution in [3.8, 4) is 0 Å². The van der Waals surface area contributed by atoms with Gasteiger partial charge in [-0.3, -0.25) is 9.59 Å². The summed E-state index contributed by atoms with van der Waals surface area (Å²) in [5, 5.41) is 5.64. The van der Waals surface area contributed by atoms with E-state index in [0.717, 1.165) is 12.8 Å². The van der Waals surface area contributed by atoms with Gasteiger partial charge in [-0.15, -0.1) is 0 Å². The molecule has 1 aromatic carbocycles. The number of hydrogen-bond donors (Lipinski definition) is 2. The van der Waals surface area contributed by atoms with Crippen molar-refractivity contribution in [3.05, 3.63) is 29.8 Å². The Morgan fingerprint density at radius 1 is 1.20 bits per heavy atom. The minimum atomic E-state index is -0.149. The van der Waals surface area contributed by atoms with E-state index in [1.54, 1.807) is 18.2 Å². The lowest BCUT2D eigenvalue weighted by molar-refractivity contribution is -0.117. The highest BCUT2D eigenvalue weighted by Crippen LogP contribution is 2.28. The number of benzene rings is 1. The van der Waals surface area contributed by atoms with Crippen LogP contribution in [-0.2, 0) is 4.79 Å². The average Bonchev–Trinajstić information content (AvgIpc) is 2.92. The first-order chi connectivity index (χ1) is 9.70. The molecule has 0 radical (unpaired) electrons. The van der Waals surface area contributed by atoms with E-state index < -0.39 is 0 Å². The second kappa shape index (κ2) is 7.08. The largest absolute Gasteiger partial charge is 0.352 e. The molecule has 0 aliphatic heterocycles. The molecule has 0 aromatic heterocycles. The monoisotopic (exact) mass is 274 g/mol. The number of amides is 2. The van der Waals surface area contributed by atoms with Gasteiger partial charge in [-0.1, -0.05) is 25.0 Å². The molecule has 4 heteroatoms. The van der Waals surface area contributed by atoms with Gasteiger partial charge in [0.2, 0.25) is 5.91 Å². The lowest BCUT2D eigenvalue weighted by Gasteiger charge is -2.12. The fraction of sp³-hybridized carbons (Fsp3) is 0.500. The van der Waals surface area contributed by atoms with Crippen molar-refractivity contribution in [2.24, 2.45) is 5.92 Å². The van der Waals surface area contributed by atoms with E-state index in [9.17, 15) is 9.59 Å². The predicted octanol–water partition coefficient (Wildman–Crippen LogP) is 2.96. The van der Waals surface area contributed by atoms with Crippen molar-refractivity contribution in [1.82, 2.24) is 5.32 Å². The normalized spacial score (nSPS) is 15.1. The van der Waals surface area contributed by atoms with Crippen molar-refractivity contribution in [2.75, 3.05) is 11.9 Å². The van der Waals surface area contributed by atoms with Crippen LogP contribution in [0.1, 0.15) is 49.4 Å². The number of anilines is 1. The van der Waals surface area contributed by atoms with Crippen molar-refractivity contribution in [2.45, 2.75) is 39.0 Å². The van der Waals surface area contributed by atoms with Crippen LogP contribution in [0.15, 0.2) is 24.3 Å². The predicted molar refractivity (Wildman–Crippen MR) is 79.7 cm³/mol. The molecule has 2 N–H and O–H groups in total. The lowest BCUT2D eigenvalue weighted by atomic mass is 10.0. The molecule has 0 unspecified atom stereocenters. The number of para-hydroxylation sites is 1. The van der Waals surface area contributed by atoms with Crippen LogP contribution in [-0.4, -0.2) is 18.4 Å². The molecule has 0 spiro atoms. The minimum Gasteiger partial charge on any atom is -0.352 e. The van der Waals surface area contributed by atoms with E-state index in [2.05, 4.69) is 10.6 Å². The molecule has 1 aromatic rings. The molecule has 0 bridgehead atoms. The zero-order valence-electron chi connectivity index (χ0n) is 11.9. The van der Waals surface area contributed by atoms with Crippen LogP contribution in [0.4, 0.5) is 5.69 Å². The van der Waals surface area contributed by atoms with Gasteiger partial charge in [0.25, 0.3) is 5.91 Å². The van der Waals surface area contributed by atoms with E-state index in [0.29, 0.717) is 30.1 Å². The first kappa shape index (κ1) is 14.6. The van der Waals surface area contributed by atoms with Crippen LogP contribution in [0.3, 0.4) is 0 Å². The Kier molecular flexibility index (Phi) is 5.16. The number of nitrogens with one attached hydrogen (secondary N) is 2. The Balaban J connectivity index is 2.00. The van der Waals surface area contributed by atoms with Crippen molar-refractivity contribution in [3.63, 3.8) is 0 Å². The molecule has 20 heavy (non-hydrogen) atoms. The highest BCUT2D eigenvalue weighted by atomic mass is 16.2. The number of carbonyl (C=O) groups excluding carboxylic acids is 2. The summed E-state index contributed by atoms with van der Waals surface area (Å²) in [5.74, 6) is 0.365. The Morgan fingerprint density at radius 3 is 2.60 bits per heavy atom. The Labute approximate surface area is 119 Å². The number of carbonyl (C=O) groups is 2. The highest BCUT2D eigenvalue weighted by Gasteiger charge is 2.19. The zero-order valence-corrected chi connectivity index (χ0v) is 11.9. The van der Waals surface area contributed by atoms with Crippen LogP contribution >= 0.6 is 0 Å². The summed E-state index contributed by atoms with van der Waals surface area (Å²) in [5.41, 5.74) is 1.12. The van der Waals surface area contributed by atoms with E-state index in [-0.39, 0.29) is 11.8 Å². The van der Waals surface area contributed by atoms with Crippen LogP contribution in [0.5, 0.6) is 0 Å².